The van der Waals surface area contributed by atoms with E-state index in [1.54, 1.807) is 6.07 Å². The Morgan fingerprint density at radius 1 is 1.75 bits per heavy atom. The van der Waals surface area contributed by atoms with E-state index in [-0.39, 0.29) is 6.61 Å². The number of hydrogen-bond acceptors (Lipinski definition) is 4. The lowest BCUT2D eigenvalue weighted by atomic mass is 10.3. The normalized spacial score (nSPS) is 9.42. The van der Waals surface area contributed by atoms with Gasteiger partial charge in [-0.1, -0.05) is 10.3 Å². The zero-order valence-corrected chi connectivity index (χ0v) is 6.34. The Hall–Kier alpha value is -1.52. The van der Waals surface area contributed by atoms with Gasteiger partial charge in [0.25, 0.3) is 0 Å². The molecule has 0 saturated carbocycles. The van der Waals surface area contributed by atoms with Gasteiger partial charge in [0.2, 0.25) is 0 Å². The third-order valence-corrected chi connectivity index (χ3v) is 1.29. The molecule has 0 spiro atoms. The molecule has 0 unspecified atom stereocenters. The number of nitrogens with zero attached hydrogens (tertiary/aromatic N) is 4. The first-order valence-corrected chi connectivity index (χ1v) is 3.43. The van der Waals surface area contributed by atoms with Gasteiger partial charge in [0.05, 0.1) is 5.69 Å². The van der Waals surface area contributed by atoms with Crippen LogP contribution in [-0.2, 0) is 13.0 Å². The Morgan fingerprint density at radius 3 is 3.17 bits per heavy atom. The summed E-state index contributed by atoms with van der Waals surface area (Å²) in [6, 6.07) is 1.63. The molecular weight excluding hydrogens is 160 g/mol. The van der Waals surface area contributed by atoms with Crippen LogP contribution in [0.4, 0.5) is 0 Å². The van der Waals surface area contributed by atoms with Crippen LogP contribution in [0.3, 0.4) is 0 Å². The molecule has 0 bridgehead atoms. The van der Waals surface area contributed by atoms with Crippen LogP contribution in [0.25, 0.3) is 10.4 Å². The number of aliphatic hydroxyl groups is 1. The molecule has 0 aromatic carbocycles. The van der Waals surface area contributed by atoms with E-state index >= 15 is 0 Å². The van der Waals surface area contributed by atoms with Crippen LogP contribution in [0, 0.1) is 0 Å². The van der Waals surface area contributed by atoms with E-state index in [0.29, 0.717) is 24.4 Å². The Morgan fingerprint density at radius 2 is 2.58 bits per heavy atom. The van der Waals surface area contributed by atoms with Gasteiger partial charge >= 0.3 is 0 Å². The molecular formula is C6H8N4O2. The van der Waals surface area contributed by atoms with Gasteiger partial charge in [-0.05, 0) is 12.0 Å². The van der Waals surface area contributed by atoms with E-state index in [4.69, 9.17) is 15.2 Å². The molecule has 12 heavy (non-hydrogen) atoms. The van der Waals surface area contributed by atoms with Crippen LogP contribution in [0.2, 0.25) is 0 Å². The van der Waals surface area contributed by atoms with E-state index in [0.717, 1.165) is 0 Å². The number of aliphatic hydroxyl groups excluding tert-OH is 1. The van der Waals surface area contributed by atoms with Crippen LogP contribution in [0.15, 0.2) is 15.7 Å². The second-order valence-electron chi connectivity index (χ2n) is 2.15. The molecule has 0 saturated heterocycles. The molecule has 6 heteroatoms. The smallest absolute Gasteiger partial charge is 0.162 e. The largest absolute Gasteiger partial charge is 0.388 e. The van der Waals surface area contributed by atoms with Crippen LogP contribution >= 0.6 is 0 Å². The zero-order valence-electron chi connectivity index (χ0n) is 6.34. The van der Waals surface area contributed by atoms with Crippen molar-refractivity contribution in [3.63, 3.8) is 0 Å². The molecule has 0 aliphatic carbocycles. The molecule has 64 valence electrons. The van der Waals surface area contributed by atoms with Gasteiger partial charge in [-0.15, -0.1) is 0 Å². The highest BCUT2D eigenvalue weighted by atomic mass is 16.5. The van der Waals surface area contributed by atoms with Crippen molar-refractivity contribution in [2.75, 3.05) is 6.54 Å². The quantitative estimate of drug-likeness (QED) is 0.413. The molecule has 0 fully saturated rings. The summed E-state index contributed by atoms with van der Waals surface area (Å²) in [7, 11) is 0. The minimum atomic E-state index is -0.158. The molecule has 0 atom stereocenters. The maximum absolute atomic E-state index is 8.61. The minimum Gasteiger partial charge on any atom is -0.388 e. The fraction of sp³-hybridized carbons (Fsp3) is 0.500. The molecule has 1 N–H and O–H groups in total. The molecule has 0 radical (unpaired) electrons. The van der Waals surface area contributed by atoms with Crippen molar-refractivity contribution >= 4 is 0 Å². The summed E-state index contributed by atoms with van der Waals surface area (Å²) in [4.78, 5) is 2.59. The van der Waals surface area contributed by atoms with Crippen molar-refractivity contribution in [2.24, 2.45) is 5.11 Å². The molecule has 6 nitrogen and oxygen atoms in total. The standard InChI is InChI=1S/C6H8N4O2/c7-10-8-2-1-5-3-6(4-11)12-9-5/h3,11H,1-2,4H2. The van der Waals surface area contributed by atoms with Gasteiger partial charge in [0.15, 0.2) is 5.76 Å². The highest BCUT2D eigenvalue weighted by Gasteiger charge is 2.00. The van der Waals surface area contributed by atoms with E-state index < -0.39 is 0 Å². The summed E-state index contributed by atoms with van der Waals surface area (Å²) >= 11 is 0. The summed E-state index contributed by atoms with van der Waals surface area (Å²) in [5, 5.41) is 15.6. The highest BCUT2D eigenvalue weighted by Crippen LogP contribution is 2.03. The van der Waals surface area contributed by atoms with Crippen molar-refractivity contribution in [3.8, 4) is 0 Å². The topological polar surface area (TPSA) is 95.0 Å². The lowest BCUT2D eigenvalue weighted by Gasteiger charge is -1.84. The summed E-state index contributed by atoms with van der Waals surface area (Å²) in [5.41, 5.74) is 8.66. The van der Waals surface area contributed by atoms with Gasteiger partial charge in [-0.2, -0.15) is 0 Å². The molecule has 0 amide bonds. The van der Waals surface area contributed by atoms with Gasteiger partial charge in [0, 0.05) is 17.5 Å². The minimum absolute atomic E-state index is 0.158. The molecule has 1 aromatic heterocycles. The van der Waals surface area contributed by atoms with Crippen molar-refractivity contribution < 1.29 is 9.63 Å². The molecule has 1 heterocycles. The Bertz CT molecular complexity index is 289. The highest BCUT2D eigenvalue weighted by molar-refractivity contribution is 5.04. The maximum atomic E-state index is 8.61. The Labute approximate surface area is 68.4 Å². The first kappa shape index (κ1) is 8.58. The summed E-state index contributed by atoms with van der Waals surface area (Å²) in [6.07, 6.45) is 0.535. The van der Waals surface area contributed by atoms with E-state index in [2.05, 4.69) is 15.2 Å². The second-order valence-corrected chi connectivity index (χ2v) is 2.15. The van der Waals surface area contributed by atoms with Gasteiger partial charge in [-0.25, -0.2) is 0 Å². The van der Waals surface area contributed by atoms with Gasteiger partial charge < -0.3 is 9.63 Å². The van der Waals surface area contributed by atoms with Gasteiger partial charge in [0.1, 0.15) is 6.61 Å². The average Bonchev–Trinajstić information content (AvgIpc) is 2.53. The fourth-order valence-corrected chi connectivity index (χ4v) is 0.757. The molecule has 1 aromatic rings. The number of hydrogen-bond donors (Lipinski definition) is 1. The SMILES string of the molecule is [N-]=[N+]=NCCc1cc(CO)on1. The van der Waals surface area contributed by atoms with E-state index in [9.17, 15) is 0 Å². The average molecular weight is 168 g/mol. The summed E-state index contributed by atoms with van der Waals surface area (Å²) < 4.78 is 4.71. The fourth-order valence-electron chi connectivity index (χ4n) is 0.757. The van der Waals surface area contributed by atoms with Gasteiger partial charge in [-0.3, -0.25) is 0 Å². The third kappa shape index (κ3) is 2.26. The van der Waals surface area contributed by atoms with E-state index in [1.807, 2.05) is 0 Å². The van der Waals surface area contributed by atoms with Crippen molar-refractivity contribution in [1.29, 1.82) is 0 Å². The van der Waals surface area contributed by atoms with Crippen LogP contribution < -0.4 is 0 Å². The summed E-state index contributed by atoms with van der Waals surface area (Å²) in [6.45, 7) is 0.197. The Balaban J connectivity index is 2.46. The zero-order chi connectivity index (χ0) is 8.81. The third-order valence-electron chi connectivity index (χ3n) is 1.29. The molecule has 0 aliphatic heterocycles. The number of azide groups is 1. The first-order valence-electron chi connectivity index (χ1n) is 3.43. The number of aromatic nitrogens is 1. The van der Waals surface area contributed by atoms with Crippen molar-refractivity contribution in [2.45, 2.75) is 13.0 Å². The predicted octanol–water partition coefficient (Wildman–Crippen LogP) is 1.02. The van der Waals surface area contributed by atoms with Crippen LogP contribution in [0.5, 0.6) is 0 Å². The maximum Gasteiger partial charge on any atom is 0.162 e. The van der Waals surface area contributed by atoms with Crippen molar-refractivity contribution in [1.82, 2.24) is 5.16 Å². The van der Waals surface area contributed by atoms with Crippen molar-refractivity contribution in [3.05, 3.63) is 28.0 Å². The lowest BCUT2D eigenvalue weighted by molar-refractivity contribution is 0.228. The second kappa shape index (κ2) is 4.38. The predicted molar refractivity (Wildman–Crippen MR) is 40.1 cm³/mol. The summed E-state index contributed by atoms with van der Waals surface area (Å²) in [5.74, 6) is 0.422. The van der Waals surface area contributed by atoms with Crippen LogP contribution in [-0.4, -0.2) is 16.8 Å². The molecule has 0 aliphatic rings. The number of rotatable bonds is 4. The lowest BCUT2D eigenvalue weighted by Crippen LogP contribution is -1.87. The first-order chi connectivity index (χ1) is 5.86. The van der Waals surface area contributed by atoms with E-state index in [1.165, 1.54) is 0 Å². The molecule has 1 rings (SSSR count). The monoisotopic (exact) mass is 168 g/mol. The Kier molecular flexibility index (Phi) is 3.13. The van der Waals surface area contributed by atoms with Crippen LogP contribution in [0.1, 0.15) is 11.5 Å².